The van der Waals surface area contributed by atoms with Crippen LogP contribution >= 0.6 is 0 Å². The third kappa shape index (κ3) is 3.35. The van der Waals surface area contributed by atoms with Crippen molar-refractivity contribution in [1.29, 1.82) is 0 Å². The molecule has 0 bridgehead atoms. The van der Waals surface area contributed by atoms with Gasteiger partial charge >= 0.3 is 0 Å². The number of nitrogens with one attached hydrogen (secondary N) is 1. The Morgan fingerprint density at radius 3 is 2.53 bits per heavy atom. The van der Waals surface area contributed by atoms with E-state index < -0.39 is 0 Å². The van der Waals surface area contributed by atoms with Crippen LogP contribution in [0, 0.1) is 0 Å². The van der Waals surface area contributed by atoms with E-state index in [1.165, 1.54) is 0 Å². The fourth-order valence-electron chi connectivity index (χ4n) is 1.41. The third-order valence-corrected chi connectivity index (χ3v) is 2.43. The summed E-state index contributed by atoms with van der Waals surface area (Å²) < 4.78 is 15.3. The Morgan fingerprint density at radius 2 is 2.00 bits per heavy atom. The summed E-state index contributed by atoms with van der Waals surface area (Å²) in [6.45, 7) is 1.20. The van der Waals surface area contributed by atoms with Gasteiger partial charge in [-0.3, -0.25) is 4.79 Å². The van der Waals surface area contributed by atoms with Gasteiger partial charge in [-0.05, 0) is 24.3 Å². The Labute approximate surface area is 99.7 Å². The number of rotatable bonds is 5. The van der Waals surface area contributed by atoms with Crippen LogP contribution in [0.2, 0.25) is 0 Å². The number of methoxy groups -OCH3 is 1. The maximum absolute atomic E-state index is 11.4. The zero-order valence-electron chi connectivity index (χ0n) is 9.64. The maximum atomic E-state index is 11.4. The second kappa shape index (κ2) is 5.54. The minimum atomic E-state index is -0.130. The first-order valence-electron chi connectivity index (χ1n) is 5.42. The summed E-state index contributed by atoms with van der Waals surface area (Å²) in [5.74, 6) is 1.27. The van der Waals surface area contributed by atoms with E-state index in [0.717, 1.165) is 5.75 Å². The topological polar surface area (TPSA) is 56.8 Å². The Hall–Kier alpha value is -1.75. The summed E-state index contributed by atoms with van der Waals surface area (Å²) >= 11 is 0. The fourth-order valence-corrected chi connectivity index (χ4v) is 1.41. The molecule has 0 spiro atoms. The lowest BCUT2D eigenvalue weighted by molar-refractivity contribution is -0.127. The number of carbonyl (C=O) groups excluding carboxylic acids is 1. The molecule has 0 aromatic heterocycles. The lowest BCUT2D eigenvalue weighted by Crippen LogP contribution is -2.49. The van der Waals surface area contributed by atoms with Crippen molar-refractivity contribution < 1.29 is 19.0 Å². The third-order valence-electron chi connectivity index (χ3n) is 2.43. The van der Waals surface area contributed by atoms with E-state index in [0.29, 0.717) is 19.0 Å². The molecule has 1 aromatic carbocycles. The molecule has 5 nitrogen and oxygen atoms in total. The van der Waals surface area contributed by atoms with Crippen LogP contribution in [0.25, 0.3) is 0 Å². The van der Waals surface area contributed by atoms with Gasteiger partial charge < -0.3 is 19.5 Å². The highest BCUT2D eigenvalue weighted by atomic mass is 16.5. The predicted molar refractivity (Wildman–Crippen MR) is 61.2 cm³/mol. The van der Waals surface area contributed by atoms with Gasteiger partial charge in [-0.25, -0.2) is 0 Å². The van der Waals surface area contributed by atoms with Gasteiger partial charge in [-0.2, -0.15) is 0 Å². The summed E-state index contributed by atoms with van der Waals surface area (Å²) in [6.07, 6.45) is 0. The molecular formula is C12H15NO4. The highest BCUT2D eigenvalue weighted by Gasteiger charge is 2.20. The highest BCUT2D eigenvalue weighted by molar-refractivity contribution is 5.77. The molecule has 1 aromatic rings. The minimum absolute atomic E-state index is 0.0167. The van der Waals surface area contributed by atoms with Crippen LogP contribution in [0.1, 0.15) is 0 Å². The highest BCUT2D eigenvalue weighted by Crippen LogP contribution is 2.16. The van der Waals surface area contributed by atoms with Crippen LogP contribution in [0.3, 0.4) is 0 Å². The van der Waals surface area contributed by atoms with Crippen molar-refractivity contribution in [3.63, 3.8) is 0 Å². The van der Waals surface area contributed by atoms with E-state index in [2.05, 4.69) is 5.32 Å². The number of ether oxygens (including phenoxy) is 3. The van der Waals surface area contributed by atoms with Crippen molar-refractivity contribution in [2.24, 2.45) is 0 Å². The monoisotopic (exact) mass is 237 g/mol. The lowest BCUT2D eigenvalue weighted by Gasteiger charge is -2.26. The van der Waals surface area contributed by atoms with Gasteiger partial charge in [0.15, 0.2) is 6.61 Å². The number of carbonyl (C=O) groups is 1. The SMILES string of the molecule is COc1ccc(OCC(=O)NC2COC2)cc1. The molecule has 0 atom stereocenters. The molecule has 0 unspecified atom stereocenters. The second-order valence-electron chi connectivity index (χ2n) is 3.77. The van der Waals surface area contributed by atoms with Gasteiger partial charge in [0.05, 0.1) is 26.4 Å². The van der Waals surface area contributed by atoms with E-state index in [-0.39, 0.29) is 18.6 Å². The van der Waals surface area contributed by atoms with Crippen LogP contribution in [0.4, 0.5) is 0 Å². The van der Waals surface area contributed by atoms with E-state index in [1.807, 2.05) is 0 Å². The molecule has 0 aliphatic carbocycles. The van der Waals surface area contributed by atoms with Crippen LogP contribution < -0.4 is 14.8 Å². The van der Waals surface area contributed by atoms with Crippen molar-refractivity contribution >= 4 is 5.91 Å². The van der Waals surface area contributed by atoms with Gasteiger partial charge in [-0.15, -0.1) is 0 Å². The van der Waals surface area contributed by atoms with Gasteiger partial charge in [0.25, 0.3) is 5.91 Å². The summed E-state index contributed by atoms with van der Waals surface area (Å²) in [7, 11) is 1.60. The number of hydrogen-bond donors (Lipinski definition) is 1. The van der Waals surface area contributed by atoms with Crippen molar-refractivity contribution in [2.45, 2.75) is 6.04 Å². The molecule has 1 amide bonds. The van der Waals surface area contributed by atoms with Crippen LogP contribution in [-0.4, -0.2) is 38.9 Å². The van der Waals surface area contributed by atoms with Crippen LogP contribution in [-0.2, 0) is 9.53 Å². The maximum Gasteiger partial charge on any atom is 0.258 e. The first kappa shape index (κ1) is 11.7. The quantitative estimate of drug-likeness (QED) is 0.814. The summed E-state index contributed by atoms with van der Waals surface area (Å²) in [5, 5.41) is 2.80. The van der Waals surface area contributed by atoms with Crippen molar-refractivity contribution in [1.82, 2.24) is 5.32 Å². The van der Waals surface area contributed by atoms with Crippen LogP contribution in [0.5, 0.6) is 11.5 Å². The van der Waals surface area contributed by atoms with Crippen molar-refractivity contribution in [2.75, 3.05) is 26.9 Å². The van der Waals surface area contributed by atoms with E-state index in [4.69, 9.17) is 14.2 Å². The molecule has 5 heteroatoms. The summed E-state index contributed by atoms with van der Waals surface area (Å²) in [6, 6.07) is 7.24. The average molecular weight is 237 g/mol. The normalized spacial score (nSPS) is 14.9. The molecule has 1 fully saturated rings. The van der Waals surface area contributed by atoms with Crippen LogP contribution in [0.15, 0.2) is 24.3 Å². The lowest BCUT2D eigenvalue weighted by atomic mass is 10.2. The average Bonchev–Trinajstić information content (AvgIpc) is 2.32. The molecule has 1 heterocycles. The molecular weight excluding hydrogens is 222 g/mol. The molecule has 1 N–H and O–H groups in total. The van der Waals surface area contributed by atoms with Gasteiger partial charge in [0, 0.05) is 0 Å². The van der Waals surface area contributed by atoms with Gasteiger partial charge in [0.2, 0.25) is 0 Å². The van der Waals surface area contributed by atoms with Crippen molar-refractivity contribution in [3.05, 3.63) is 24.3 Å². The zero-order valence-corrected chi connectivity index (χ0v) is 9.64. The Kier molecular flexibility index (Phi) is 3.82. The molecule has 92 valence electrons. The molecule has 0 saturated carbocycles. The molecule has 1 aliphatic heterocycles. The van der Waals surface area contributed by atoms with Crippen molar-refractivity contribution in [3.8, 4) is 11.5 Å². The molecule has 0 radical (unpaired) electrons. The van der Waals surface area contributed by atoms with Gasteiger partial charge in [-0.1, -0.05) is 0 Å². The molecule has 17 heavy (non-hydrogen) atoms. The van der Waals surface area contributed by atoms with E-state index in [9.17, 15) is 4.79 Å². The zero-order chi connectivity index (χ0) is 12.1. The smallest absolute Gasteiger partial charge is 0.258 e. The minimum Gasteiger partial charge on any atom is -0.497 e. The molecule has 1 saturated heterocycles. The molecule has 2 rings (SSSR count). The standard InChI is InChI=1S/C12H15NO4/c1-15-10-2-4-11(5-3-10)17-8-12(14)13-9-6-16-7-9/h2-5,9H,6-8H2,1H3,(H,13,14). The number of benzene rings is 1. The predicted octanol–water partition coefficient (Wildman–Crippen LogP) is 0.589. The fraction of sp³-hybridized carbons (Fsp3) is 0.417. The first-order chi connectivity index (χ1) is 8.28. The Balaban J connectivity index is 1.74. The largest absolute Gasteiger partial charge is 0.497 e. The van der Waals surface area contributed by atoms with E-state index in [1.54, 1.807) is 31.4 Å². The summed E-state index contributed by atoms with van der Waals surface area (Å²) in [4.78, 5) is 11.4. The first-order valence-corrected chi connectivity index (χ1v) is 5.42. The number of hydrogen-bond acceptors (Lipinski definition) is 4. The summed E-state index contributed by atoms with van der Waals surface area (Å²) in [5.41, 5.74) is 0. The number of amides is 1. The second-order valence-corrected chi connectivity index (χ2v) is 3.77. The Morgan fingerprint density at radius 1 is 1.35 bits per heavy atom. The van der Waals surface area contributed by atoms with Gasteiger partial charge in [0.1, 0.15) is 11.5 Å². The Bertz CT molecular complexity index is 373. The molecule has 1 aliphatic rings. The van der Waals surface area contributed by atoms with E-state index >= 15 is 0 Å².